The van der Waals surface area contributed by atoms with E-state index in [-0.39, 0.29) is 11.4 Å². The lowest BCUT2D eigenvalue weighted by Crippen LogP contribution is -2.24. The van der Waals surface area contributed by atoms with Crippen molar-refractivity contribution >= 4 is 21.4 Å². The van der Waals surface area contributed by atoms with Crippen molar-refractivity contribution in [3.63, 3.8) is 0 Å². The van der Waals surface area contributed by atoms with Crippen molar-refractivity contribution in [2.24, 2.45) is 0 Å². The first-order chi connectivity index (χ1) is 12.1. The smallest absolute Gasteiger partial charge is 0.240 e. The molecule has 3 aromatic rings. The van der Waals surface area contributed by atoms with Gasteiger partial charge < -0.3 is 4.74 Å². The van der Waals surface area contributed by atoms with Gasteiger partial charge in [0.25, 0.3) is 0 Å². The highest BCUT2D eigenvalue weighted by Crippen LogP contribution is 2.28. The van der Waals surface area contributed by atoms with E-state index in [9.17, 15) is 8.42 Å². The van der Waals surface area contributed by atoms with Crippen molar-refractivity contribution in [1.29, 1.82) is 0 Å². The third-order valence-corrected chi connectivity index (χ3v) is 6.20. The van der Waals surface area contributed by atoms with Crippen molar-refractivity contribution in [2.75, 3.05) is 6.61 Å². The van der Waals surface area contributed by atoms with E-state index in [0.29, 0.717) is 18.0 Å². The number of nitrogens with one attached hydrogen (secondary N) is 1. The van der Waals surface area contributed by atoms with Crippen LogP contribution in [0.3, 0.4) is 0 Å². The van der Waals surface area contributed by atoms with Gasteiger partial charge in [0.15, 0.2) is 0 Å². The number of aromatic nitrogens is 2. The molecule has 0 unspecified atom stereocenters. The first-order valence-electron chi connectivity index (χ1n) is 7.73. The van der Waals surface area contributed by atoms with Crippen LogP contribution in [-0.2, 0) is 23.0 Å². The van der Waals surface area contributed by atoms with Crippen LogP contribution < -0.4 is 9.46 Å². The summed E-state index contributed by atoms with van der Waals surface area (Å²) >= 11 is 1.54. The van der Waals surface area contributed by atoms with Gasteiger partial charge in [0.05, 0.1) is 28.6 Å². The van der Waals surface area contributed by atoms with Crippen LogP contribution in [0.4, 0.5) is 0 Å². The summed E-state index contributed by atoms with van der Waals surface area (Å²) < 4.78 is 33.3. The molecular formula is C17H15N3O3S2. The van der Waals surface area contributed by atoms with E-state index in [2.05, 4.69) is 14.7 Å². The highest BCUT2D eigenvalue weighted by atomic mass is 32.2. The molecule has 1 aliphatic rings. The number of sulfonamides is 1. The third kappa shape index (κ3) is 3.28. The van der Waals surface area contributed by atoms with Gasteiger partial charge in [-0.2, -0.15) is 0 Å². The van der Waals surface area contributed by atoms with Gasteiger partial charge in [0, 0.05) is 18.8 Å². The zero-order chi connectivity index (χ0) is 17.3. The number of rotatable bonds is 5. The van der Waals surface area contributed by atoms with Gasteiger partial charge >= 0.3 is 0 Å². The normalized spacial score (nSPS) is 13.4. The van der Waals surface area contributed by atoms with Crippen LogP contribution in [0, 0.1) is 0 Å². The molecular weight excluding hydrogens is 358 g/mol. The molecule has 2 aromatic heterocycles. The molecule has 0 spiro atoms. The van der Waals surface area contributed by atoms with Gasteiger partial charge in [-0.25, -0.2) is 13.1 Å². The summed E-state index contributed by atoms with van der Waals surface area (Å²) in [6.07, 6.45) is 3.90. The van der Waals surface area contributed by atoms with E-state index in [1.165, 1.54) is 11.3 Å². The first kappa shape index (κ1) is 16.2. The second-order valence-electron chi connectivity index (χ2n) is 5.52. The Bertz CT molecular complexity index is 1000. The van der Waals surface area contributed by atoms with Gasteiger partial charge in [-0.1, -0.05) is 6.07 Å². The molecule has 0 radical (unpaired) electrons. The third-order valence-electron chi connectivity index (χ3n) is 3.93. The summed E-state index contributed by atoms with van der Waals surface area (Å²) in [5, 5.41) is 1.95. The molecule has 1 aromatic carbocycles. The Hall–Kier alpha value is -2.29. The minimum Gasteiger partial charge on any atom is -0.493 e. The van der Waals surface area contributed by atoms with E-state index < -0.39 is 10.0 Å². The van der Waals surface area contributed by atoms with Crippen LogP contribution in [0.25, 0.3) is 10.6 Å². The van der Waals surface area contributed by atoms with Gasteiger partial charge in [0.1, 0.15) is 11.4 Å². The Kier molecular flexibility index (Phi) is 4.24. The minimum atomic E-state index is -3.64. The number of benzene rings is 1. The predicted molar refractivity (Wildman–Crippen MR) is 95.0 cm³/mol. The molecule has 1 N–H and O–H groups in total. The Labute approximate surface area is 149 Å². The van der Waals surface area contributed by atoms with E-state index in [4.69, 9.17) is 4.74 Å². The maximum absolute atomic E-state index is 12.6. The standard InChI is InChI=1S/C17H15N3O3S2/c21-25(22,13-3-4-15-12(10-13)5-8-23-15)20-11-14-17(19-7-6-18-14)16-2-1-9-24-16/h1-4,6-7,9-10,20H,5,8,11H2. The summed E-state index contributed by atoms with van der Waals surface area (Å²) in [7, 11) is -3.64. The molecule has 0 bridgehead atoms. The predicted octanol–water partition coefficient (Wildman–Crippen LogP) is 2.62. The van der Waals surface area contributed by atoms with Crippen LogP contribution in [0.2, 0.25) is 0 Å². The second-order valence-corrected chi connectivity index (χ2v) is 8.24. The molecule has 0 fully saturated rings. The SMILES string of the molecule is O=S(=O)(NCc1nccnc1-c1cccs1)c1ccc2c(c1)CCO2. The molecule has 25 heavy (non-hydrogen) atoms. The molecule has 4 rings (SSSR count). The monoisotopic (exact) mass is 373 g/mol. The average Bonchev–Trinajstić information content (AvgIpc) is 3.31. The molecule has 128 valence electrons. The molecule has 3 heterocycles. The minimum absolute atomic E-state index is 0.0803. The number of fused-ring (bicyclic) bond motifs is 1. The Morgan fingerprint density at radius 1 is 1.20 bits per heavy atom. The fourth-order valence-electron chi connectivity index (χ4n) is 2.69. The van der Waals surface area contributed by atoms with E-state index >= 15 is 0 Å². The Morgan fingerprint density at radius 2 is 2.08 bits per heavy atom. The molecule has 0 saturated carbocycles. The number of nitrogens with zero attached hydrogens (tertiary/aromatic N) is 2. The number of thiophene rings is 1. The molecule has 0 aliphatic carbocycles. The topological polar surface area (TPSA) is 81.2 Å². The fourth-order valence-corrected chi connectivity index (χ4v) is 4.47. The summed E-state index contributed by atoms with van der Waals surface area (Å²) in [5.74, 6) is 0.757. The molecule has 8 heteroatoms. The number of ether oxygens (including phenoxy) is 1. The first-order valence-corrected chi connectivity index (χ1v) is 10.1. The Balaban J connectivity index is 1.57. The molecule has 0 saturated heterocycles. The highest BCUT2D eigenvalue weighted by Gasteiger charge is 2.20. The van der Waals surface area contributed by atoms with E-state index in [1.54, 1.807) is 30.6 Å². The summed E-state index contributed by atoms with van der Waals surface area (Å²) in [4.78, 5) is 9.81. The van der Waals surface area contributed by atoms with Crippen molar-refractivity contribution in [3.8, 4) is 16.3 Å². The summed E-state index contributed by atoms with van der Waals surface area (Å²) in [5.41, 5.74) is 2.21. The van der Waals surface area contributed by atoms with Crippen LogP contribution in [0.5, 0.6) is 5.75 Å². The highest BCUT2D eigenvalue weighted by molar-refractivity contribution is 7.89. The lowest BCUT2D eigenvalue weighted by molar-refractivity contribution is 0.356. The Morgan fingerprint density at radius 3 is 2.92 bits per heavy atom. The zero-order valence-corrected chi connectivity index (χ0v) is 14.8. The van der Waals surface area contributed by atoms with E-state index in [1.807, 2.05) is 17.5 Å². The second kappa shape index (κ2) is 6.55. The summed E-state index contributed by atoms with van der Waals surface area (Å²) in [6, 6.07) is 8.80. The lowest BCUT2D eigenvalue weighted by atomic mass is 10.2. The molecule has 0 amide bonds. The maximum Gasteiger partial charge on any atom is 0.240 e. The van der Waals surface area contributed by atoms with E-state index in [0.717, 1.165) is 22.6 Å². The van der Waals surface area contributed by atoms with Crippen LogP contribution in [-0.4, -0.2) is 25.0 Å². The van der Waals surface area contributed by atoms with Gasteiger partial charge in [0.2, 0.25) is 10.0 Å². The van der Waals surface area contributed by atoms with Crippen LogP contribution >= 0.6 is 11.3 Å². The van der Waals surface area contributed by atoms with Crippen molar-refractivity contribution in [2.45, 2.75) is 17.9 Å². The fraction of sp³-hybridized carbons (Fsp3) is 0.176. The largest absolute Gasteiger partial charge is 0.493 e. The molecule has 0 atom stereocenters. The quantitative estimate of drug-likeness (QED) is 0.743. The van der Waals surface area contributed by atoms with Gasteiger partial charge in [-0.3, -0.25) is 9.97 Å². The molecule has 1 aliphatic heterocycles. The van der Waals surface area contributed by atoms with Gasteiger partial charge in [-0.05, 0) is 35.2 Å². The lowest BCUT2D eigenvalue weighted by Gasteiger charge is -2.09. The zero-order valence-electron chi connectivity index (χ0n) is 13.2. The number of hydrogen-bond acceptors (Lipinski definition) is 6. The van der Waals surface area contributed by atoms with Crippen molar-refractivity contribution in [1.82, 2.24) is 14.7 Å². The van der Waals surface area contributed by atoms with Crippen molar-refractivity contribution in [3.05, 3.63) is 59.4 Å². The summed E-state index contributed by atoms with van der Waals surface area (Å²) in [6.45, 7) is 0.674. The molecule has 6 nitrogen and oxygen atoms in total. The number of hydrogen-bond donors (Lipinski definition) is 1. The van der Waals surface area contributed by atoms with Gasteiger partial charge in [-0.15, -0.1) is 11.3 Å². The van der Waals surface area contributed by atoms with Crippen molar-refractivity contribution < 1.29 is 13.2 Å². The van der Waals surface area contributed by atoms with Crippen LogP contribution in [0.1, 0.15) is 11.3 Å². The maximum atomic E-state index is 12.6. The average molecular weight is 373 g/mol. The van der Waals surface area contributed by atoms with Crippen LogP contribution in [0.15, 0.2) is 53.0 Å².